The van der Waals surface area contributed by atoms with Gasteiger partial charge in [-0.25, -0.2) is 26.7 Å². The lowest BCUT2D eigenvalue weighted by atomic mass is 10.0. The molecule has 8 nitrogen and oxygen atoms in total. The van der Waals surface area contributed by atoms with Crippen molar-refractivity contribution in [2.75, 3.05) is 24.7 Å². The Kier molecular flexibility index (Phi) is 5.63. The van der Waals surface area contributed by atoms with Gasteiger partial charge in [0.2, 0.25) is 16.0 Å². The molecule has 0 amide bonds. The lowest BCUT2D eigenvalue weighted by Gasteiger charge is -2.33. The van der Waals surface area contributed by atoms with Crippen molar-refractivity contribution in [3.05, 3.63) is 23.3 Å². The van der Waals surface area contributed by atoms with Crippen LogP contribution in [0.15, 0.2) is 6.20 Å². The normalized spacial score (nSPS) is 22.1. The van der Waals surface area contributed by atoms with Gasteiger partial charge in [0.15, 0.2) is 5.82 Å². The molecule has 1 saturated heterocycles. The van der Waals surface area contributed by atoms with Crippen LogP contribution < -0.4 is 5.32 Å². The highest BCUT2D eigenvalue weighted by Crippen LogP contribution is 2.38. The minimum Gasteiger partial charge on any atom is -0.347 e. The van der Waals surface area contributed by atoms with Gasteiger partial charge >= 0.3 is 6.18 Å². The molecule has 164 valence electrons. The molecule has 1 aliphatic heterocycles. The van der Waals surface area contributed by atoms with Crippen LogP contribution in [0.25, 0.3) is 5.52 Å². The standard InChI is InChI=1S/C16H17F5N6O2S/c1-8(16(19,20)21)14-9(5-22)13(18)12-6-23-15(25-27(12)14)24-11-3-4-26(7-10(11)17)30(2,28)29/h6,8,10-11H,3-4,7H2,1-2H3,(H,24,25)/t8?,10-,11-/m1/s1. The highest BCUT2D eigenvalue weighted by molar-refractivity contribution is 7.88. The van der Waals surface area contributed by atoms with Crippen LogP contribution >= 0.6 is 0 Å². The first-order valence-corrected chi connectivity index (χ1v) is 10.6. The average Bonchev–Trinajstić information content (AvgIpc) is 2.92. The van der Waals surface area contributed by atoms with Gasteiger partial charge in [0.05, 0.1) is 30.1 Å². The van der Waals surface area contributed by atoms with Gasteiger partial charge in [-0.3, -0.25) is 0 Å². The maximum absolute atomic E-state index is 14.4. The quantitative estimate of drug-likeness (QED) is 0.714. The minimum absolute atomic E-state index is 0.0340. The molecule has 14 heteroatoms. The summed E-state index contributed by atoms with van der Waals surface area (Å²) in [6, 6.07) is 0.524. The van der Waals surface area contributed by atoms with Crippen molar-refractivity contribution < 1.29 is 30.4 Å². The second kappa shape index (κ2) is 7.62. The minimum atomic E-state index is -4.76. The zero-order valence-electron chi connectivity index (χ0n) is 15.8. The average molecular weight is 452 g/mol. The molecule has 0 aliphatic carbocycles. The van der Waals surface area contributed by atoms with E-state index in [0.29, 0.717) is 4.52 Å². The number of nitrogens with one attached hydrogen (secondary N) is 1. The van der Waals surface area contributed by atoms with Crippen molar-refractivity contribution in [3.8, 4) is 6.07 Å². The highest BCUT2D eigenvalue weighted by atomic mass is 32.2. The third-order valence-corrected chi connectivity index (χ3v) is 6.23. The molecule has 0 spiro atoms. The first-order valence-electron chi connectivity index (χ1n) is 8.74. The van der Waals surface area contributed by atoms with Crippen molar-refractivity contribution in [1.29, 1.82) is 5.26 Å². The molecule has 2 aromatic rings. The Labute approximate surface area is 168 Å². The second-order valence-electron chi connectivity index (χ2n) is 7.00. The van der Waals surface area contributed by atoms with E-state index in [1.807, 2.05) is 0 Å². The van der Waals surface area contributed by atoms with Gasteiger partial charge in [-0.05, 0) is 13.3 Å². The third kappa shape index (κ3) is 4.04. The molecule has 0 saturated carbocycles. The summed E-state index contributed by atoms with van der Waals surface area (Å²) < 4.78 is 93.3. The van der Waals surface area contributed by atoms with E-state index < -0.39 is 63.5 Å². The van der Waals surface area contributed by atoms with Crippen LogP contribution in [0.3, 0.4) is 0 Å². The number of piperidine rings is 1. The van der Waals surface area contributed by atoms with E-state index in [1.54, 1.807) is 0 Å². The zero-order chi connectivity index (χ0) is 22.4. The Bertz CT molecular complexity index is 1110. The first-order chi connectivity index (χ1) is 13.8. The van der Waals surface area contributed by atoms with Crippen LogP contribution in [-0.2, 0) is 10.0 Å². The maximum Gasteiger partial charge on any atom is 0.397 e. The van der Waals surface area contributed by atoms with Gasteiger partial charge in [0.1, 0.15) is 23.3 Å². The molecular formula is C16H17F5N6O2S. The monoisotopic (exact) mass is 452 g/mol. The first kappa shape index (κ1) is 22.2. The smallest absolute Gasteiger partial charge is 0.347 e. The van der Waals surface area contributed by atoms with E-state index in [9.17, 15) is 30.4 Å². The summed E-state index contributed by atoms with van der Waals surface area (Å²) in [6.07, 6.45) is -4.46. The van der Waals surface area contributed by atoms with Crippen molar-refractivity contribution >= 4 is 21.5 Å². The molecular weight excluding hydrogens is 435 g/mol. The van der Waals surface area contributed by atoms with Gasteiger partial charge in [0, 0.05) is 13.1 Å². The predicted molar refractivity (Wildman–Crippen MR) is 95.5 cm³/mol. The van der Waals surface area contributed by atoms with Crippen LogP contribution in [0.4, 0.5) is 27.9 Å². The van der Waals surface area contributed by atoms with Crippen LogP contribution in [0.2, 0.25) is 0 Å². The van der Waals surface area contributed by atoms with Crippen LogP contribution in [0.5, 0.6) is 0 Å². The molecule has 3 heterocycles. The summed E-state index contributed by atoms with van der Waals surface area (Å²) in [4.78, 5) is 3.80. The van der Waals surface area contributed by atoms with E-state index >= 15 is 0 Å². The Hall–Kier alpha value is -2.53. The number of anilines is 1. The van der Waals surface area contributed by atoms with Crippen LogP contribution in [0, 0.1) is 17.1 Å². The van der Waals surface area contributed by atoms with E-state index in [2.05, 4.69) is 15.4 Å². The highest BCUT2D eigenvalue weighted by Gasteiger charge is 2.42. The lowest BCUT2D eigenvalue weighted by molar-refractivity contribution is -0.147. The number of nitrogens with zero attached hydrogens (tertiary/aromatic N) is 5. The largest absolute Gasteiger partial charge is 0.397 e. The molecule has 1 fully saturated rings. The summed E-state index contributed by atoms with van der Waals surface area (Å²) in [5.41, 5.74) is -1.91. The summed E-state index contributed by atoms with van der Waals surface area (Å²) in [5.74, 6) is -3.66. The SMILES string of the molecule is CC(c1c(C#N)c(F)c2cnc(N[C@@H]3CCN(S(C)(=O)=O)C[C@H]3F)nn12)C(F)(F)F. The fourth-order valence-corrected chi connectivity index (χ4v) is 4.12. The summed E-state index contributed by atoms with van der Waals surface area (Å²) in [6.45, 7) is 0.411. The molecule has 30 heavy (non-hydrogen) atoms. The van der Waals surface area contributed by atoms with Crippen molar-refractivity contribution in [1.82, 2.24) is 18.9 Å². The molecule has 2 aromatic heterocycles. The van der Waals surface area contributed by atoms with Crippen molar-refractivity contribution in [2.45, 2.75) is 37.7 Å². The number of sulfonamides is 1. The van der Waals surface area contributed by atoms with Crippen LogP contribution in [0.1, 0.15) is 30.5 Å². The molecule has 0 aromatic carbocycles. The molecule has 1 aliphatic rings. The Morgan fingerprint density at radius 2 is 2.07 bits per heavy atom. The van der Waals surface area contributed by atoms with Gasteiger partial charge in [-0.2, -0.15) is 22.7 Å². The topological polar surface area (TPSA) is 103 Å². The predicted octanol–water partition coefficient (Wildman–Crippen LogP) is 2.19. The van der Waals surface area contributed by atoms with Crippen molar-refractivity contribution in [2.24, 2.45) is 0 Å². The molecule has 1 unspecified atom stereocenters. The maximum atomic E-state index is 14.4. The number of nitriles is 1. The van der Waals surface area contributed by atoms with E-state index in [1.165, 1.54) is 6.07 Å². The van der Waals surface area contributed by atoms with Crippen LogP contribution in [-0.4, -0.2) is 65.1 Å². The third-order valence-electron chi connectivity index (χ3n) is 4.96. The van der Waals surface area contributed by atoms with Gasteiger partial charge in [-0.15, -0.1) is 5.10 Å². The fraction of sp³-hybridized carbons (Fsp3) is 0.562. The molecule has 3 rings (SSSR count). The fourth-order valence-electron chi connectivity index (χ4n) is 3.27. The molecule has 0 bridgehead atoms. The van der Waals surface area contributed by atoms with E-state index in [0.717, 1.165) is 23.7 Å². The summed E-state index contributed by atoms with van der Waals surface area (Å²) in [5, 5.41) is 15.6. The Morgan fingerprint density at radius 1 is 1.40 bits per heavy atom. The number of hydrogen-bond donors (Lipinski definition) is 1. The zero-order valence-corrected chi connectivity index (χ0v) is 16.6. The lowest BCUT2D eigenvalue weighted by Crippen LogP contribution is -2.49. The Morgan fingerprint density at radius 3 is 2.60 bits per heavy atom. The van der Waals surface area contributed by atoms with Gasteiger partial charge in [-0.1, -0.05) is 0 Å². The van der Waals surface area contributed by atoms with Gasteiger partial charge < -0.3 is 5.32 Å². The number of aromatic nitrogens is 3. The number of rotatable bonds is 4. The summed E-state index contributed by atoms with van der Waals surface area (Å²) >= 11 is 0. The number of fused-ring (bicyclic) bond motifs is 1. The number of hydrogen-bond acceptors (Lipinski definition) is 6. The Balaban J connectivity index is 1.95. The van der Waals surface area contributed by atoms with Crippen molar-refractivity contribution in [3.63, 3.8) is 0 Å². The van der Waals surface area contributed by atoms with Gasteiger partial charge in [0.25, 0.3) is 0 Å². The molecule has 0 radical (unpaired) electrons. The number of halogens is 5. The molecule has 1 N–H and O–H groups in total. The van der Waals surface area contributed by atoms with E-state index in [-0.39, 0.29) is 18.9 Å². The van der Waals surface area contributed by atoms with E-state index in [4.69, 9.17) is 5.26 Å². The molecule has 3 atom stereocenters. The number of alkyl halides is 4. The second-order valence-corrected chi connectivity index (χ2v) is 8.99. The summed E-state index contributed by atoms with van der Waals surface area (Å²) in [7, 11) is -3.57.